The second kappa shape index (κ2) is 8.43. The first kappa shape index (κ1) is 19.2. The smallest absolute Gasteiger partial charge is 0.341 e. The first-order chi connectivity index (χ1) is 13.5. The number of carbonyl (C=O) groups excluding carboxylic acids is 2. The zero-order chi connectivity index (χ0) is 20.1. The minimum atomic E-state index is -1.07. The number of hydrogen-bond acceptors (Lipinski definition) is 5. The summed E-state index contributed by atoms with van der Waals surface area (Å²) in [5.74, 6) is -0.795. The van der Waals surface area contributed by atoms with Crippen LogP contribution in [0.3, 0.4) is 0 Å². The second-order valence-corrected chi connectivity index (χ2v) is 6.30. The van der Waals surface area contributed by atoms with Gasteiger partial charge in [-0.15, -0.1) is 0 Å². The van der Waals surface area contributed by atoms with Crippen LogP contribution in [0.1, 0.15) is 6.42 Å². The molecule has 8 heteroatoms. The molecule has 1 fully saturated rings. The van der Waals surface area contributed by atoms with Crippen LogP contribution >= 0.6 is 0 Å². The molecule has 0 radical (unpaired) electrons. The number of carboxylic acid groups (broad SMARTS) is 1. The number of nitrogens with one attached hydrogen (secondary N) is 1. The summed E-state index contributed by atoms with van der Waals surface area (Å²) in [6, 6.07) is 13.5. The van der Waals surface area contributed by atoms with Crippen LogP contribution < -0.4 is 19.7 Å². The molecule has 0 aromatic heterocycles. The maximum atomic E-state index is 12.5. The molecule has 8 nitrogen and oxygen atoms in total. The number of carboxylic acids is 1. The number of anilines is 2. The molecule has 2 aromatic rings. The second-order valence-electron chi connectivity index (χ2n) is 6.30. The standard InChI is InChI=1S/C20H20N2O6/c1-27-16-8-4-15(5-9-16)22-11-13(10-18(22)23)20(26)21-14-2-6-17(7-3-14)28-12-19(24)25/h2-9,13H,10-12H2,1H3,(H,21,26)(H,24,25). The van der Waals surface area contributed by atoms with E-state index in [1.165, 1.54) is 0 Å². The highest BCUT2D eigenvalue weighted by molar-refractivity contribution is 6.03. The Bertz CT molecular complexity index is 863. The molecule has 1 aliphatic rings. The molecule has 0 saturated carbocycles. The van der Waals surface area contributed by atoms with Crippen molar-refractivity contribution in [2.24, 2.45) is 5.92 Å². The Morgan fingerprint density at radius 1 is 1.11 bits per heavy atom. The van der Waals surface area contributed by atoms with Crippen molar-refractivity contribution >= 4 is 29.2 Å². The van der Waals surface area contributed by atoms with E-state index in [4.69, 9.17) is 14.6 Å². The monoisotopic (exact) mass is 384 g/mol. The fraction of sp³-hybridized carbons (Fsp3) is 0.250. The summed E-state index contributed by atoms with van der Waals surface area (Å²) in [5, 5.41) is 11.4. The summed E-state index contributed by atoms with van der Waals surface area (Å²) in [6.07, 6.45) is 0.137. The van der Waals surface area contributed by atoms with Crippen LogP contribution in [0.15, 0.2) is 48.5 Å². The van der Waals surface area contributed by atoms with Gasteiger partial charge in [-0.25, -0.2) is 4.79 Å². The topological polar surface area (TPSA) is 105 Å². The Balaban J connectivity index is 1.58. The summed E-state index contributed by atoms with van der Waals surface area (Å²) >= 11 is 0. The first-order valence-electron chi connectivity index (χ1n) is 8.66. The number of ether oxygens (including phenoxy) is 2. The van der Waals surface area contributed by atoms with Gasteiger partial charge in [-0.1, -0.05) is 0 Å². The van der Waals surface area contributed by atoms with Crippen molar-refractivity contribution in [1.82, 2.24) is 0 Å². The van der Waals surface area contributed by atoms with E-state index < -0.39 is 18.5 Å². The summed E-state index contributed by atoms with van der Waals surface area (Å²) in [6.45, 7) is -0.131. The maximum absolute atomic E-state index is 12.5. The Hall–Kier alpha value is -3.55. The number of benzene rings is 2. The zero-order valence-corrected chi connectivity index (χ0v) is 15.3. The zero-order valence-electron chi connectivity index (χ0n) is 15.3. The lowest BCUT2D eigenvalue weighted by Gasteiger charge is -2.17. The molecule has 3 rings (SSSR count). The van der Waals surface area contributed by atoms with Gasteiger partial charge in [-0.05, 0) is 48.5 Å². The normalized spacial score (nSPS) is 16.0. The molecule has 28 heavy (non-hydrogen) atoms. The van der Waals surface area contributed by atoms with Gasteiger partial charge in [-0.2, -0.15) is 0 Å². The van der Waals surface area contributed by atoms with Gasteiger partial charge in [0.05, 0.1) is 13.0 Å². The van der Waals surface area contributed by atoms with Gasteiger partial charge in [0.15, 0.2) is 6.61 Å². The molecule has 1 atom stereocenters. The van der Waals surface area contributed by atoms with Crippen molar-refractivity contribution in [3.05, 3.63) is 48.5 Å². The number of hydrogen-bond donors (Lipinski definition) is 2. The molecule has 2 amide bonds. The van der Waals surface area contributed by atoms with Crippen LogP contribution in [-0.4, -0.2) is 43.2 Å². The maximum Gasteiger partial charge on any atom is 0.341 e. The van der Waals surface area contributed by atoms with Gasteiger partial charge in [0.2, 0.25) is 11.8 Å². The van der Waals surface area contributed by atoms with Gasteiger partial charge < -0.3 is 24.8 Å². The van der Waals surface area contributed by atoms with Gasteiger partial charge >= 0.3 is 5.97 Å². The van der Waals surface area contributed by atoms with E-state index in [9.17, 15) is 14.4 Å². The van der Waals surface area contributed by atoms with E-state index in [-0.39, 0.29) is 18.2 Å². The van der Waals surface area contributed by atoms with Gasteiger partial charge in [0.25, 0.3) is 0 Å². The number of aliphatic carboxylic acids is 1. The fourth-order valence-electron chi connectivity index (χ4n) is 2.92. The lowest BCUT2D eigenvalue weighted by molar-refractivity contribution is -0.139. The van der Waals surface area contributed by atoms with E-state index in [0.29, 0.717) is 23.7 Å². The van der Waals surface area contributed by atoms with Gasteiger partial charge in [-0.3, -0.25) is 9.59 Å². The van der Waals surface area contributed by atoms with Crippen molar-refractivity contribution in [2.45, 2.75) is 6.42 Å². The molecule has 1 aliphatic heterocycles. The van der Waals surface area contributed by atoms with Crippen LogP contribution in [0.2, 0.25) is 0 Å². The van der Waals surface area contributed by atoms with E-state index >= 15 is 0 Å². The molecule has 1 unspecified atom stereocenters. The van der Waals surface area contributed by atoms with Crippen molar-refractivity contribution < 1.29 is 29.0 Å². The molecule has 0 bridgehead atoms. The lowest BCUT2D eigenvalue weighted by Crippen LogP contribution is -2.28. The van der Waals surface area contributed by atoms with Crippen molar-refractivity contribution in [2.75, 3.05) is 30.5 Å². The Morgan fingerprint density at radius 3 is 2.36 bits per heavy atom. The summed E-state index contributed by atoms with van der Waals surface area (Å²) in [7, 11) is 1.57. The van der Waals surface area contributed by atoms with Crippen LogP contribution in [-0.2, 0) is 14.4 Å². The summed E-state index contributed by atoms with van der Waals surface area (Å²) in [5.41, 5.74) is 1.27. The Morgan fingerprint density at radius 2 is 1.75 bits per heavy atom. The molecule has 1 saturated heterocycles. The van der Waals surface area contributed by atoms with Crippen LogP contribution in [0.4, 0.5) is 11.4 Å². The third-order valence-corrected chi connectivity index (χ3v) is 4.36. The molecule has 146 valence electrons. The fourth-order valence-corrected chi connectivity index (χ4v) is 2.92. The minimum Gasteiger partial charge on any atom is -0.497 e. The largest absolute Gasteiger partial charge is 0.497 e. The number of nitrogens with zero attached hydrogens (tertiary/aromatic N) is 1. The van der Waals surface area contributed by atoms with Crippen LogP contribution in [0.25, 0.3) is 0 Å². The third-order valence-electron chi connectivity index (χ3n) is 4.36. The number of methoxy groups -OCH3 is 1. The van der Waals surface area contributed by atoms with Gasteiger partial charge in [0, 0.05) is 24.3 Å². The first-order valence-corrected chi connectivity index (χ1v) is 8.66. The average molecular weight is 384 g/mol. The third kappa shape index (κ3) is 4.59. The summed E-state index contributed by atoms with van der Waals surface area (Å²) in [4.78, 5) is 36.9. The molecular formula is C20H20N2O6. The highest BCUT2D eigenvalue weighted by Gasteiger charge is 2.35. The predicted octanol–water partition coefficient (Wildman–Crippen LogP) is 2.15. The average Bonchev–Trinajstić information content (AvgIpc) is 3.09. The molecule has 0 aliphatic carbocycles. The number of carbonyl (C=O) groups is 3. The van der Waals surface area contributed by atoms with E-state index in [2.05, 4.69) is 5.32 Å². The van der Waals surface area contributed by atoms with Gasteiger partial charge in [0.1, 0.15) is 11.5 Å². The van der Waals surface area contributed by atoms with E-state index in [1.54, 1.807) is 60.5 Å². The molecular weight excluding hydrogens is 364 g/mol. The molecule has 0 spiro atoms. The highest BCUT2D eigenvalue weighted by atomic mass is 16.5. The highest BCUT2D eigenvalue weighted by Crippen LogP contribution is 2.27. The molecule has 1 heterocycles. The predicted molar refractivity (Wildman–Crippen MR) is 102 cm³/mol. The van der Waals surface area contributed by atoms with Crippen molar-refractivity contribution in [1.29, 1.82) is 0 Å². The number of rotatable bonds is 7. The Kier molecular flexibility index (Phi) is 5.78. The van der Waals surface area contributed by atoms with E-state index in [1.807, 2.05) is 0 Å². The van der Waals surface area contributed by atoms with Crippen molar-refractivity contribution in [3.8, 4) is 11.5 Å². The van der Waals surface area contributed by atoms with Crippen LogP contribution in [0, 0.1) is 5.92 Å². The quantitative estimate of drug-likeness (QED) is 0.758. The summed E-state index contributed by atoms with van der Waals surface area (Å²) < 4.78 is 10.2. The van der Waals surface area contributed by atoms with Crippen molar-refractivity contribution in [3.63, 3.8) is 0 Å². The van der Waals surface area contributed by atoms with Crippen LogP contribution in [0.5, 0.6) is 11.5 Å². The number of amides is 2. The SMILES string of the molecule is COc1ccc(N2CC(C(=O)Nc3ccc(OCC(=O)O)cc3)CC2=O)cc1. The minimum absolute atomic E-state index is 0.109. The Labute approximate surface area is 161 Å². The molecule has 2 aromatic carbocycles. The molecule has 2 N–H and O–H groups in total. The van der Waals surface area contributed by atoms with E-state index in [0.717, 1.165) is 5.69 Å². The lowest BCUT2D eigenvalue weighted by atomic mass is 10.1.